The van der Waals surface area contributed by atoms with Gasteiger partial charge in [0.25, 0.3) is 0 Å². The highest BCUT2D eigenvalue weighted by atomic mass is 19.3. The molecule has 0 heterocycles. The number of halogens is 2. The molecule has 1 atom stereocenters. The quantitative estimate of drug-likeness (QED) is 0.618. The second-order valence-electron chi connectivity index (χ2n) is 2.22. The summed E-state index contributed by atoms with van der Waals surface area (Å²) >= 11 is 0. The van der Waals surface area contributed by atoms with Gasteiger partial charge >= 0.3 is 5.97 Å². The normalized spacial score (nSPS) is 14.8. The summed E-state index contributed by atoms with van der Waals surface area (Å²) in [5, 5.41) is 8.09. The number of aliphatic carboxylic acids is 1. The number of hydrogen-bond donors (Lipinski definition) is 2. The van der Waals surface area contributed by atoms with E-state index in [-0.39, 0.29) is 0 Å². The molecule has 0 spiro atoms. The fourth-order valence-electron chi connectivity index (χ4n) is 0.473. The van der Waals surface area contributed by atoms with Gasteiger partial charge in [-0.15, -0.1) is 0 Å². The van der Waals surface area contributed by atoms with Crippen LogP contribution in [0.1, 0.15) is 13.3 Å². The van der Waals surface area contributed by atoms with E-state index >= 15 is 0 Å². The summed E-state index contributed by atoms with van der Waals surface area (Å²) in [7, 11) is 0. The van der Waals surface area contributed by atoms with E-state index in [1.807, 2.05) is 0 Å². The molecule has 0 aliphatic carbocycles. The molecular formula is C5H9F2NO2. The summed E-state index contributed by atoms with van der Waals surface area (Å²) in [6.07, 6.45) is -0.817. The lowest BCUT2D eigenvalue weighted by molar-refractivity contribution is -0.140. The van der Waals surface area contributed by atoms with Crippen LogP contribution in [-0.4, -0.2) is 23.0 Å². The van der Waals surface area contributed by atoms with Crippen molar-refractivity contribution >= 4 is 5.97 Å². The molecule has 0 aromatic carbocycles. The fourth-order valence-corrected chi connectivity index (χ4v) is 0.473. The minimum atomic E-state index is -3.00. The zero-order valence-corrected chi connectivity index (χ0v) is 5.47. The maximum atomic E-state index is 12.0. The Hall–Kier alpha value is -0.710. The molecule has 60 valence electrons. The van der Waals surface area contributed by atoms with E-state index in [0.717, 1.165) is 0 Å². The Morgan fingerprint density at radius 3 is 2.30 bits per heavy atom. The van der Waals surface area contributed by atoms with Crippen molar-refractivity contribution in [2.45, 2.75) is 25.3 Å². The molecule has 10 heavy (non-hydrogen) atoms. The largest absolute Gasteiger partial charge is 0.480 e. The first-order chi connectivity index (χ1) is 4.33. The molecule has 0 fully saturated rings. The molecule has 0 aliphatic heterocycles. The lowest BCUT2D eigenvalue weighted by Gasteiger charge is -2.12. The number of hydrogen-bond acceptors (Lipinski definition) is 2. The number of carbonyl (C=O) groups is 1. The summed E-state index contributed by atoms with van der Waals surface area (Å²) in [5.41, 5.74) is 4.82. The number of carboxylic acid groups (broad SMARTS) is 1. The molecule has 0 amide bonds. The average molecular weight is 153 g/mol. The van der Waals surface area contributed by atoms with Gasteiger partial charge in [0, 0.05) is 6.42 Å². The summed E-state index contributed by atoms with van der Waals surface area (Å²) in [6, 6.07) is -1.47. The summed E-state index contributed by atoms with van der Waals surface area (Å²) in [5.74, 6) is -4.40. The molecule has 0 bridgehead atoms. The minimum absolute atomic E-state index is 0.635. The predicted molar refractivity (Wildman–Crippen MR) is 30.8 cm³/mol. The number of carboxylic acids is 1. The molecule has 3 nitrogen and oxygen atoms in total. The van der Waals surface area contributed by atoms with Crippen molar-refractivity contribution in [1.82, 2.24) is 0 Å². The van der Waals surface area contributed by atoms with Gasteiger partial charge < -0.3 is 10.8 Å². The highest BCUT2D eigenvalue weighted by Gasteiger charge is 2.28. The Kier molecular flexibility index (Phi) is 2.71. The molecule has 3 N–H and O–H groups in total. The van der Waals surface area contributed by atoms with E-state index in [4.69, 9.17) is 10.8 Å². The predicted octanol–water partition coefficient (Wildman–Crippen LogP) is 0.444. The van der Waals surface area contributed by atoms with Gasteiger partial charge in [-0.05, 0) is 6.92 Å². The molecule has 0 rings (SSSR count). The van der Waals surface area contributed by atoms with Crippen molar-refractivity contribution < 1.29 is 18.7 Å². The average Bonchev–Trinajstić information content (AvgIpc) is 1.60. The van der Waals surface area contributed by atoms with Crippen LogP contribution in [0.4, 0.5) is 8.78 Å². The van der Waals surface area contributed by atoms with E-state index in [1.54, 1.807) is 0 Å². The second-order valence-corrected chi connectivity index (χ2v) is 2.22. The minimum Gasteiger partial charge on any atom is -0.480 e. The topological polar surface area (TPSA) is 63.3 Å². The van der Waals surface area contributed by atoms with Gasteiger partial charge in [-0.2, -0.15) is 0 Å². The van der Waals surface area contributed by atoms with Crippen LogP contribution in [-0.2, 0) is 4.79 Å². The molecule has 0 saturated carbocycles. The van der Waals surface area contributed by atoms with Gasteiger partial charge in [0.1, 0.15) is 6.04 Å². The van der Waals surface area contributed by atoms with E-state index in [1.165, 1.54) is 0 Å². The molecule has 1 unspecified atom stereocenters. The Bertz CT molecular complexity index is 132. The van der Waals surface area contributed by atoms with Crippen LogP contribution in [0, 0.1) is 0 Å². The lowest BCUT2D eigenvalue weighted by Crippen LogP contribution is -2.35. The Balaban J connectivity index is 3.80. The van der Waals surface area contributed by atoms with Crippen LogP contribution in [0.15, 0.2) is 0 Å². The van der Waals surface area contributed by atoms with E-state index in [9.17, 15) is 13.6 Å². The maximum Gasteiger partial charge on any atom is 0.320 e. The fraction of sp³-hybridized carbons (Fsp3) is 0.800. The molecule has 5 heteroatoms. The van der Waals surface area contributed by atoms with Gasteiger partial charge in [0.05, 0.1) is 0 Å². The summed E-state index contributed by atoms with van der Waals surface area (Å²) in [4.78, 5) is 9.92. The Morgan fingerprint density at radius 2 is 2.20 bits per heavy atom. The monoisotopic (exact) mass is 153 g/mol. The summed E-state index contributed by atoms with van der Waals surface area (Å²) < 4.78 is 24.0. The maximum absolute atomic E-state index is 12.0. The number of rotatable bonds is 3. The third-order valence-electron chi connectivity index (χ3n) is 0.896. The first kappa shape index (κ1) is 9.29. The number of alkyl halides is 2. The van der Waals surface area contributed by atoms with Crippen LogP contribution in [0.25, 0.3) is 0 Å². The Morgan fingerprint density at radius 1 is 1.80 bits per heavy atom. The van der Waals surface area contributed by atoms with Crippen LogP contribution >= 0.6 is 0 Å². The van der Waals surface area contributed by atoms with E-state index in [2.05, 4.69) is 0 Å². The van der Waals surface area contributed by atoms with Crippen LogP contribution < -0.4 is 5.73 Å². The van der Waals surface area contributed by atoms with Gasteiger partial charge in [0.15, 0.2) is 0 Å². The highest BCUT2D eigenvalue weighted by molar-refractivity contribution is 5.73. The van der Waals surface area contributed by atoms with Crippen molar-refractivity contribution in [3.63, 3.8) is 0 Å². The van der Waals surface area contributed by atoms with Gasteiger partial charge in [-0.25, -0.2) is 8.78 Å². The second kappa shape index (κ2) is 2.92. The smallest absolute Gasteiger partial charge is 0.320 e. The Labute approximate surface area is 56.8 Å². The molecule has 0 radical (unpaired) electrons. The van der Waals surface area contributed by atoms with Crippen molar-refractivity contribution in [3.05, 3.63) is 0 Å². The first-order valence-corrected chi connectivity index (χ1v) is 2.69. The molecule has 0 aliphatic rings. The first-order valence-electron chi connectivity index (χ1n) is 2.69. The van der Waals surface area contributed by atoms with Crippen molar-refractivity contribution in [2.75, 3.05) is 0 Å². The van der Waals surface area contributed by atoms with Crippen LogP contribution in [0.3, 0.4) is 0 Å². The van der Waals surface area contributed by atoms with Crippen molar-refractivity contribution in [1.29, 1.82) is 0 Å². The SMILES string of the molecule is CC(F)(F)CC(N)C(=O)O. The van der Waals surface area contributed by atoms with E-state index in [0.29, 0.717) is 6.92 Å². The van der Waals surface area contributed by atoms with Crippen molar-refractivity contribution in [3.8, 4) is 0 Å². The van der Waals surface area contributed by atoms with Crippen LogP contribution in [0.2, 0.25) is 0 Å². The van der Waals surface area contributed by atoms with Crippen LogP contribution in [0.5, 0.6) is 0 Å². The molecular weight excluding hydrogens is 144 g/mol. The lowest BCUT2D eigenvalue weighted by atomic mass is 10.1. The van der Waals surface area contributed by atoms with Crippen molar-refractivity contribution in [2.24, 2.45) is 5.73 Å². The zero-order chi connectivity index (χ0) is 8.36. The van der Waals surface area contributed by atoms with Gasteiger partial charge in [-0.1, -0.05) is 0 Å². The molecule has 0 aromatic rings. The third-order valence-corrected chi connectivity index (χ3v) is 0.896. The number of nitrogens with two attached hydrogens (primary N) is 1. The highest BCUT2D eigenvalue weighted by Crippen LogP contribution is 2.17. The van der Waals surface area contributed by atoms with Gasteiger partial charge in [0.2, 0.25) is 5.92 Å². The standard InChI is InChI=1S/C5H9F2NO2/c1-5(6,7)2-3(8)4(9)10/h3H,2,8H2,1H3,(H,9,10). The van der Waals surface area contributed by atoms with Gasteiger partial charge in [-0.3, -0.25) is 4.79 Å². The third kappa shape index (κ3) is 4.20. The van der Waals surface area contributed by atoms with E-state index < -0.39 is 24.4 Å². The summed E-state index contributed by atoms with van der Waals surface area (Å²) in [6.45, 7) is 0.635. The molecule has 0 saturated heterocycles. The molecule has 0 aromatic heterocycles. The zero-order valence-electron chi connectivity index (χ0n) is 5.47.